The number of fused-ring (bicyclic) bond motifs is 1. The van der Waals surface area contributed by atoms with Gasteiger partial charge >= 0.3 is 0 Å². The highest BCUT2D eigenvalue weighted by atomic mass is 16.2. The Labute approximate surface area is 105 Å². The predicted molar refractivity (Wildman–Crippen MR) is 66.3 cm³/mol. The monoisotopic (exact) mass is 248 g/mol. The minimum Gasteiger partial charge on any atom is -0.396 e. The lowest BCUT2D eigenvalue weighted by molar-refractivity contribution is 0.0953. The van der Waals surface area contributed by atoms with Crippen LogP contribution in [0.3, 0.4) is 0 Å². The maximum Gasteiger partial charge on any atom is 0.251 e. The van der Waals surface area contributed by atoms with Crippen LogP contribution in [0.2, 0.25) is 0 Å². The Hall–Kier alpha value is -1.95. The molecule has 2 rings (SSSR count). The van der Waals surface area contributed by atoms with Gasteiger partial charge in [-0.25, -0.2) is 0 Å². The number of pyridine rings is 1. The Morgan fingerprint density at radius 3 is 3.11 bits per heavy atom. The van der Waals surface area contributed by atoms with Gasteiger partial charge in [-0.3, -0.25) is 9.20 Å². The molecule has 0 fully saturated rings. The van der Waals surface area contributed by atoms with Gasteiger partial charge in [0.05, 0.1) is 0 Å². The average Bonchev–Trinajstić information content (AvgIpc) is 2.85. The van der Waals surface area contributed by atoms with Crippen LogP contribution in [0.5, 0.6) is 0 Å². The SMILES string of the molecule is O=C(NCCCCCO)c1ccn2cnnc2c1. The summed E-state index contributed by atoms with van der Waals surface area (Å²) < 4.78 is 1.75. The van der Waals surface area contributed by atoms with Crippen LogP contribution < -0.4 is 5.32 Å². The van der Waals surface area contributed by atoms with Crippen LogP contribution in [-0.4, -0.2) is 38.8 Å². The van der Waals surface area contributed by atoms with Gasteiger partial charge in [0.1, 0.15) is 6.33 Å². The fraction of sp³-hybridized carbons (Fsp3) is 0.417. The number of carbonyl (C=O) groups excluding carboxylic acids is 1. The van der Waals surface area contributed by atoms with E-state index >= 15 is 0 Å². The highest BCUT2D eigenvalue weighted by Crippen LogP contribution is 2.04. The number of aliphatic hydroxyl groups is 1. The van der Waals surface area contributed by atoms with Gasteiger partial charge in [0.25, 0.3) is 5.91 Å². The Morgan fingerprint density at radius 1 is 1.39 bits per heavy atom. The highest BCUT2D eigenvalue weighted by molar-refractivity contribution is 5.94. The first-order valence-corrected chi connectivity index (χ1v) is 6.00. The zero-order chi connectivity index (χ0) is 12.8. The van der Waals surface area contributed by atoms with Crippen LogP contribution >= 0.6 is 0 Å². The lowest BCUT2D eigenvalue weighted by Gasteiger charge is -2.04. The zero-order valence-corrected chi connectivity index (χ0v) is 10.0. The number of rotatable bonds is 6. The molecule has 6 heteroatoms. The van der Waals surface area contributed by atoms with Gasteiger partial charge in [-0.1, -0.05) is 0 Å². The predicted octanol–water partition coefficient (Wildman–Crippen LogP) is 0.622. The highest BCUT2D eigenvalue weighted by Gasteiger charge is 2.06. The fourth-order valence-corrected chi connectivity index (χ4v) is 1.68. The van der Waals surface area contributed by atoms with Gasteiger partial charge in [-0.15, -0.1) is 10.2 Å². The van der Waals surface area contributed by atoms with Gasteiger partial charge in [0.15, 0.2) is 5.65 Å². The lowest BCUT2D eigenvalue weighted by Crippen LogP contribution is -2.24. The van der Waals surface area contributed by atoms with Gasteiger partial charge in [-0.05, 0) is 31.4 Å². The van der Waals surface area contributed by atoms with Crippen molar-refractivity contribution in [2.45, 2.75) is 19.3 Å². The van der Waals surface area contributed by atoms with Crippen molar-refractivity contribution in [1.82, 2.24) is 19.9 Å². The van der Waals surface area contributed by atoms with E-state index in [0.29, 0.717) is 17.8 Å². The summed E-state index contributed by atoms with van der Waals surface area (Å²) in [5, 5.41) is 19.1. The van der Waals surface area contributed by atoms with E-state index in [9.17, 15) is 4.79 Å². The second-order valence-electron chi connectivity index (χ2n) is 4.05. The summed E-state index contributed by atoms with van der Waals surface area (Å²) in [6.45, 7) is 0.828. The molecule has 0 saturated heterocycles. The standard InChI is InChI=1S/C12H16N4O2/c17-7-3-1-2-5-13-12(18)10-4-6-16-9-14-15-11(16)8-10/h4,6,8-9,17H,1-3,5,7H2,(H,13,18). The second kappa shape index (κ2) is 6.11. The molecule has 0 aliphatic heterocycles. The van der Waals surface area contributed by atoms with Crippen molar-refractivity contribution >= 4 is 11.6 Å². The number of hydrogen-bond donors (Lipinski definition) is 2. The number of unbranched alkanes of at least 4 members (excludes halogenated alkanes) is 2. The molecule has 0 radical (unpaired) electrons. The van der Waals surface area contributed by atoms with Gasteiger partial charge < -0.3 is 10.4 Å². The maximum absolute atomic E-state index is 11.8. The van der Waals surface area contributed by atoms with Crippen molar-refractivity contribution in [1.29, 1.82) is 0 Å². The van der Waals surface area contributed by atoms with Gasteiger partial charge in [0, 0.05) is 24.9 Å². The quantitative estimate of drug-likeness (QED) is 0.734. The van der Waals surface area contributed by atoms with Crippen molar-refractivity contribution in [3.63, 3.8) is 0 Å². The molecule has 0 unspecified atom stereocenters. The molecule has 2 N–H and O–H groups in total. The molecule has 18 heavy (non-hydrogen) atoms. The normalized spacial score (nSPS) is 10.7. The zero-order valence-electron chi connectivity index (χ0n) is 10.0. The summed E-state index contributed by atoms with van der Waals surface area (Å²) in [6.07, 6.45) is 5.92. The number of nitrogens with one attached hydrogen (secondary N) is 1. The minimum absolute atomic E-state index is 0.107. The third-order valence-corrected chi connectivity index (χ3v) is 2.68. The molecule has 2 aromatic rings. The van der Waals surface area contributed by atoms with Crippen LogP contribution in [0.1, 0.15) is 29.6 Å². The molecule has 0 saturated carbocycles. The number of aromatic nitrogens is 3. The summed E-state index contributed by atoms with van der Waals surface area (Å²) >= 11 is 0. The van der Waals surface area contributed by atoms with Crippen LogP contribution in [0.25, 0.3) is 5.65 Å². The van der Waals surface area contributed by atoms with Crippen LogP contribution in [0.4, 0.5) is 0 Å². The first-order chi connectivity index (χ1) is 8.81. The summed E-state index contributed by atoms with van der Waals surface area (Å²) in [6, 6.07) is 3.44. The van der Waals surface area contributed by atoms with Crippen molar-refractivity contribution in [2.24, 2.45) is 0 Å². The fourth-order valence-electron chi connectivity index (χ4n) is 1.68. The molecule has 0 aliphatic rings. The van der Waals surface area contributed by atoms with Crippen molar-refractivity contribution in [3.8, 4) is 0 Å². The molecule has 2 aromatic heterocycles. The molecule has 6 nitrogen and oxygen atoms in total. The molecular formula is C12H16N4O2. The maximum atomic E-state index is 11.8. The van der Waals surface area contributed by atoms with Crippen molar-refractivity contribution < 1.29 is 9.90 Å². The molecule has 0 atom stereocenters. The topological polar surface area (TPSA) is 79.5 Å². The summed E-state index contributed by atoms with van der Waals surface area (Å²) in [5.74, 6) is -0.107. The Bertz CT molecular complexity index is 524. The molecule has 0 spiro atoms. The van der Waals surface area contributed by atoms with E-state index in [1.54, 1.807) is 29.1 Å². The summed E-state index contributed by atoms with van der Waals surface area (Å²) in [7, 11) is 0. The Morgan fingerprint density at radius 2 is 2.28 bits per heavy atom. The first-order valence-electron chi connectivity index (χ1n) is 6.00. The largest absolute Gasteiger partial charge is 0.396 e. The summed E-state index contributed by atoms with van der Waals surface area (Å²) in [5.41, 5.74) is 1.24. The summed E-state index contributed by atoms with van der Waals surface area (Å²) in [4.78, 5) is 11.8. The third kappa shape index (κ3) is 3.04. The third-order valence-electron chi connectivity index (χ3n) is 2.68. The van der Waals surface area contributed by atoms with E-state index in [1.807, 2.05) is 0 Å². The molecule has 0 aromatic carbocycles. The van der Waals surface area contributed by atoms with Crippen LogP contribution in [0, 0.1) is 0 Å². The molecule has 96 valence electrons. The van der Waals surface area contributed by atoms with Crippen LogP contribution in [-0.2, 0) is 0 Å². The number of amides is 1. The van der Waals surface area contributed by atoms with E-state index in [-0.39, 0.29) is 12.5 Å². The van der Waals surface area contributed by atoms with Crippen molar-refractivity contribution in [2.75, 3.05) is 13.2 Å². The van der Waals surface area contributed by atoms with Crippen LogP contribution in [0.15, 0.2) is 24.7 Å². The number of nitrogens with zero attached hydrogens (tertiary/aromatic N) is 3. The Kier molecular flexibility index (Phi) is 4.25. The first kappa shape index (κ1) is 12.5. The molecule has 2 heterocycles. The van der Waals surface area contributed by atoms with Gasteiger partial charge in [-0.2, -0.15) is 0 Å². The number of carbonyl (C=O) groups is 1. The van der Waals surface area contributed by atoms with E-state index < -0.39 is 0 Å². The van der Waals surface area contributed by atoms with E-state index in [2.05, 4.69) is 15.5 Å². The number of hydrogen-bond acceptors (Lipinski definition) is 4. The minimum atomic E-state index is -0.107. The lowest BCUT2D eigenvalue weighted by atomic mass is 10.2. The Balaban J connectivity index is 1.88. The average molecular weight is 248 g/mol. The molecular weight excluding hydrogens is 232 g/mol. The van der Waals surface area contributed by atoms with E-state index in [1.165, 1.54) is 0 Å². The second-order valence-corrected chi connectivity index (χ2v) is 4.05. The molecule has 0 aliphatic carbocycles. The number of aliphatic hydroxyl groups excluding tert-OH is 1. The molecule has 0 bridgehead atoms. The smallest absolute Gasteiger partial charge is 0.251 e. The van der Waals surface area contributed by atoms with E-state index in [4.69, 9.17) is 5.11 Å². The van der Waals surface area contributed by atoms with Gasteiger partial charge in [0.2, 0.25) is 0 Å². The van der Waals surface area contributed by atoms with E-state index in [0.717, 1.165) is 19.3 Å². The van der Waals surface area contributed by atoms with Crippen molar-refractivity contribution in [3.05, 3.63) is 30.2 Å². The molecule has 1 amide bonds.